The number of carbonyl (C=O) groups is 1. The van der Waals surface area contributed by atoms with E-state index in [2.05, 4.69) is 17.0 Å². The van der Waals surface area contributed by atoms with Gasteiger partial charge in [-0.15, -0.1) is 0 Å². The van der Waals surface area contributed by atoms with Gasteiger partial charge in [0, 0.05) is 19.0 Å². The summed E-state index contributed by atoms with van der Waals surface area (Å²) in [6.07, 6.45) is 2.02. The number of piperidine rings is 3. The van der Waals surface area contributed by atoms with E-state index in [9.17, 15) is 14.3 Å². The minimum atomic E-state index is -0.893. The van der Waals surface area contributed by atoms with Crippen LogP contribution in [0.3, 0.4) is 0 Å². The van der Waals surface area contributed by atoms with Crippen LogP contribution in [0.15, 0.2) is 48.5 Å². The molecule has 2 atom stereocenters. The summed E-state index contributed by atoms with van der Waals surface area (Å²) in [5, 5.41) is 10.3. The third kappa shape index (κ3) is 2.49. The predicted molar refractivity (Wildman–Crippen MR) is 105 cm³/mol. The fourth-order valence-corrected chi connectivity index (χ4v) is 5.98. The number of halogens is 1. The van der Waals surface area contributed by atoms with E-state index in [1.807, 2.05) is 12.1 Å². The molecule has 3 saturated heterocycles. The van der Waals surface area contributed by atoms with Crippen molar-refractivity contribution >= 4 is 6.09 Å². The van der Waals surface area contributed by atoms with Gasteiger partial charge in [0.1, 0.15) is 11.4 Å². The van der Waals surface area contributed by atoms with Crippen LogP contribution in [0.2, 0.25) is 0 Å². The first kappa shape index (κ1) is 17.7. The summed E-state index contributed by atoms with van der Waals surface area (Å²) >= 11 is 0. The van der Waals surface area contributed by atoms with Crippen LogP contribution in [0.4, 0.5) is 9.18 Å². The molecule has 4 aliphatic heterocycles. The number of rotatable bonds is 2. The Morgan fingerprint density at radius 1 is 1.04 bits per heavy atom. The molecule has 2 bridgehead atoms. The van der Waals surface area contributed by atoms with Crippen molar-refractivity contribution in [1.82, 2.24) is 9.80 Å². The molecule has 4 nitrogen and oxygen atoms in total. The quantitative estimate of drug-likeness (QED) is 0.858. The molecule has 1 amide bonds. The zero-order valence-electron chi connectivity index (χ0n) is 15.9. The Kier molecular flexibility index (Phi) is 4.16. The highest BCUT2D eigenvalue weighted by atomic mass is 19.1. The third-order valence-corrected chi connectivity index (χ3v) is 7.17. The van der Waals surface area contributed by atoms with Crippen molar-refractivity contribution in [3.05, 3.63) is 71.0 Å². The average molecular weight is 380 g/mol. The lowest BCUT2D eigenvalue weighted by Crippen LogP contribution is -2.64. The number of hydrogen-bond acceptors (Lipinski definition) is 2. The Balaban J connectivity index is 1.79. The maximum absolute atomic E-state index is 13.8. The molecule has 5 heteroatoms. The van der Waals surface area contributed by atoms with E-state index in [0.29, 0.717) is 18.9 Å². The molecule has 28 heavy (non-hydrogen) atoms. The Morgan fingerprint density at radius 3 is 2.39 bits per heavy atom. The number of carboxylic acid groups (broad SMARTS) is 1. The first-order valence-corrected chi connectivity index (χ1v) is 10.2. The van der Waals surface area contributed by atoms with Crippen molar-refractivity contribution in [2.45, 2.75) is 24.8 Å². The normalized spacial score (nSPS) is 31.5. The van der Waals surface area contributed by atoms with Crippen LogP contribution in [0.25, 0.3) is 0 Å². The molecule has 2 unspecified atom stereocenters. The molecular weight excluding hydrogens is 355 g/mol. The number of amides is 1. The molecule has 0 aliphatic carbocycles. The highest BCUT2D eigenvalue weighted by Gasteiger charge is 2.56. The molecule has 2 aromatic carbocycles. The van der Waals surface area contributed by atoms with Crippen LogP contribution in [-0.2, 0) is 12.0 Å². The minimum Gasteiger partial charge on any atom is -0.465 e. The zero-order valence-corrected chi connectivity index (χ0v) is 15.9. The Morgan fingerprint density at radius 2 is 1.75 bits per heavy atom. The van der Waals surface area contributed by atoms with Crippen LogP contribution in [0, 0.1) is 17.7 Å². The summed E-state index contributed by atoms with van der Waals surface area (Å²) < 4.78 is 13.8. The van der Waals surface area contributed by atoms with Gasteiger partial charge in [-0.2, -0.15) is 0 Å². The number of fused-ring (bicyclic) bond motifs is 4. The molecule has 1 N–H and O–H groups in total. The second-order valence-corrected chi connectivity index (χ2v) is 8.36. The van der Waals surface area contributed by atoms with Gasteiger partial charge in [0.05, 0.1) is 0 Å². The summed E-state index contributed by atoms with van der Waals surface area (Å²) in [7, 11) is 0. The van der Waals surface area contributed by atoms with Gasteiger partial charge >= 0.3 is 6.09 Å². The molecule has 4 aliphatic rings. The van der Waals surface area contributed by atoms with Gasteiger partial charge in [0.15, 0.2) is 0 Å². The van der Waals surface area contributed by atoms with Crippen LogP contribution < -0.4 is 0 Å². The van der Waals surface area contributed by atoms with Crippen molar-refractivity contribution in [1.29, 1.82) is 0 Å². The largest absolute Gasteiger partial charge is 0.465 e. The molecule has 4 heterocycles. The SMILES string of the molecule is O=C(O)N1CCc2ccccc2C1(c1ccc(F)cc1)C1CN2CCC1CC2. The second-order valence-electron chi connectivity index (χ2n) is 8.36. The van der Waals surface area contributed by atoms with E-state index in [-0.39, 0.29) is 11.7 Å². The van der Waals surface area contributed by atoms with E-state index in [1.54, 1.807) is 17.0 Å². The molecule has 2 aromatic rings. The Hall–Kier alpha value is -2.40. The Labute approximate surface area is 164 Å². The zero-order chi connectivity index (χ0) is 19.3. The van der Waals surface area contributed by atoms with Gasteiger partial charge in [0.25, 0.3) is 0 Å². The van der Waals surface area contributed by atoms with E-state index in [0.717, 1.165) is 43.6 Å². The van der Waals surface area contributed by atoms with Gasteiger partial charge in [0.2, 0.25) is 0 Å². The summed E-state index contributed by atoms with van der Waals surface area (Å²) in [5.74, 6) is 0.347. The summed E-state index contributed by atoms with van der Waals surface area (Å²) in [4.78, 5) is 16.6. The van der Waals surface area contributed by atoms with Crippen LogP contribution in [0.5, 0.6) is 0 Å². The predicted octanol–water partition coefficient (Wildman–Crippen LogP) is 3.95. The maximum atomic E-state index is 13.8. The smallest absolute Gasteiger partial charge is 0.408 e. The lowest BCUT2D eigenvalue weighted by molar-refractivity contribution is -0.0422. The highest BCUT2D eigenvalue weighted by Crippen LogP contribution is 2.53. The molecule has 6 rings (SSSR count). The molecule has 0 radical (unpaired) electrons. The third-order valence-electron chi connectivity index (χ3n) is 7.17. The highest BCUT2D eigenvalue weighted by molar-refractivity contribution is 5.70. The fourth-order valence-electron chi connectivity index (χ4n) is 5.98. The number of nitrogens with zero attached hydrogens (tertiary/aromatic N) is 2. The van der Waals surface area contributed by atoms with Gasteiger partial charge in [-0.25, -0.2) is 9.18 Å². The average Bonchev–Trinajstić information content (AvgIpc) is 2.74. The maximum Gasteiger partial charge on any atom is 0.408 e. The molecule has 0 aromatic heterocycles. The summed E-state index contributed by atoms with van der Waals surface area (Å²) in [6.45, 7) is 3.54. The first-order chi connectivity index (χ1) is 13.6. The monoisotopic (exact) mass is 380 g/mol. The van der Waals surface area contributed by atoms with Crippen molar-refractivity contribution in [3.8, 4) is 0 Å². The molecule has 0 saturated carbocycles. The van der Waals surface area contributed by atoms with Crippen molar-refractivity contribution in [2.75, 3.05) is 26.2 Å². The number of hydrogen-bond donors (Lipinski definition) is 1. The van der Waals surface area contributed by atoms with E-state index in [4.69, 9.17) is 0 Å². The van der Waals surface area contributed by atoms with E-state index < -0.39 is 11.6 Å². The molecule has 3 fully saturated rings. The Bertz CT molecular complexity index is 892. The minimum absolute atomic E-state index is 0.165. The van der Waals surface area contributed by atoms with Crippen LogP contribution >= 0.6 is 0 Å². The summed E-state index contributed by atoms with van der Waals surface area (Å²) in [5.41, 5.74) is 2.41. The van der Waals surface area contributed by atoms with Gasteiger partial charge in [-0.05, 0) is 67.1 Å². The van der Waals surface area contributed by atoms with Gasteiger partial charge < -0.3 is 10.0 Å². The van der Waals surface area contributed by atoms with Gasteiger partial charge in [-0.3, -0.25) is 4.90 Å². The molecule has 0 spiro atoms. The van der Waals surface area contributed by atoms with Crippen molar-refractivity contribution in [2.24, 2.45) is 11.8 Å². The topological polar surface area (TPSA) is 43.8 Å². The van der Waals surface area contributed by atoms with E-state index >= 15 is 0 Å². The van der Waals surface area contributed by atoms with Crippen molar-refractivity contribution < 1.29 is 14.3 Å². The lowest BCUT2D eigenvalue weighted by Gasteiger charge is -2.58. The van der Waals surface area contributed by atoms with E-state index in [1.165, 1.54) is 17.7 Å². The first-order valence-electron chi connectivity index (χ1n) is 10.2. The van der Waals surface area contributed by atoms with Crippen LogP contribution in [-0.4, -0.2) is 47.2 Å². The molecular formula is C23H25FN2O2. The van der Waals surface area contributed by atoms with Gasteiger partial charge in [-0.1, -0.05) is 36.4 Å². The standard InChI is InChI=1S/C23H25FN2O2/c24-19-7-5-18(6-8-19)23(21-15-25-12-9-17(21)10-13-25)20-4-2-1-3-16(20)11-14-26(23)22(27)28/h1-8,17,21H,9-15H2,(H,27,28). The second kappa shape index (κ2) is 6.59. The summed E-state index contributed by atoms with van der Waals surface area (Å²) in [6, 6.07) is 14.8. The van der Waals surface area contributed by atoms with Crippen LogP contribution in [0.1, 0.15) is 29.5 Å². The van der Waals surface area contributed by atoms with Crippen molar-refractivity contribution in [3.63, 3.8) is 0 Å². The number of benzene rings is 2. The lowest BCUT2D eigenvalue weighted by atomic mass is 9.60. The fraction of sp³-hybridized carbons (Fsp3) is 0.435. The molecule has 146 valence electrons.